The second kappa shape index (κ2) is 6.23. The van der Waals surface area contributed by atoms with Crippen molar-refractivity contribution in [2.75, 3.05) is 11.5 Å². The lowest BCUT2D eigenvalue weighted by Crippen LogP contribution is -2.10. The fraction of sp³-hybridized carbons (Fsp3) is 0.600. The van der Waals surface area contributed by atoms with Gasteiger partial charge in [0.25, 0.3) is 5.56 Å². The summed E-state index contributed by atoms with van der Waals surface area (Å²) in [5.74, 6) is 2.40. The Balaban J connectivity index is 2.61. The highest BCUT2D eigenvalue weighted by Gasteiger charge is 2.06. The molecule has 0 bridgehead atoms. The van der Waals surface area contributed by atoms with Crippen LogP contribution in [0.25, 0.3) is 0 Å². The van der Waals surface area contributed by atoms with E-state index < -0.39 is 0 Å². The van der Waals surface area contributed by atoms with Gasteiger partial charge in [0.05, 0.1) is 0 Å². The standard InChI is InChI=1S/C10H16N2OS2/c1-3-8(5-14)6-15-10-11-7(2)4-9(13)12-10/h4,8,14H,3,5-6H2,1-2H3,(H,11,12,13). The van der Waals surface area contributed by atoms with Gasteiger partial charge in [0.2, 0.25) is 0 Å². The van der Waals surface area contributed by atoms with Crippen molar-refractivity contribution in [3.8, 4) is 0 Å². The zero-order valence-corrected chi connectivity index (χ0v) is 10.7. The predicted octanol–water partition coefficient (Wildman–Crippen LogP) is 2.13. The number of rotatable bonds is 5. The average Bonchev–Trinajstić information content (AvgIpc) is 2.18. The molecule has 0 amide bonds. The van der Waals surface area contributed by atoms with E-state index in [1.807, 2.05) is 6.92 Å². The monoisotopic (exact) mass is 244 g/mol. The smallest absolute Gasteiger partial charge is 0.251 e. The SMILES string of the molecule is CCC(CS)CSc1nc(C)cc(=O)[nH]1. The molecule has 1 rings (SSSR count). The molecule has 3 nitrogen and oxygen atoms in total. The number of hydrogen-bond donors (Lipinski definition) is 2. The third-order valence-corrected chi connectivity index (χ3v) is 3.76. The molecule has 1 unspecified atom stereocenters. The van der Waals surface area contributed by atoms with E-state index in [0.29, 0.717) is 11.1 Å². The molecule has 0 fully saturated rings. The summed E-state index contributed by atoms with van der Waals surface area (Å²) in [6, 6.07) is 1.50. The number of nitrogens with one attached hydrogen (secondary N) is 1. The maximum Gasteiger partial charge on any atom is 0.251 e. The molecule has 1 aromatic heterocycles. The van der Waals surface area contributed by atoms with Crippen molar-refractivity contribution >= 4 is 24.4 Å². The summed E-state index contributed by atoms with van der Waals surface area (Å²) in [4.78, 5) is 18.2. The molecule has 5 heteroatoms. The Morgan fingerprint density at radius 2 is 2.40 bits per heavy atom. The molecule has 0 radical (unpaired) electrons. The minimum atomic E-state index is -0.0797. The lowest BCUT2D eigenvalue weighted by molar-refractivity contribution is 0.648. The second-order valence-corrected chi connectivity index (χ2v) is 4.83. The van der Waals surface area contributed by atoms with E-state index in [1.54, 1.807) is 11.8 Å². The molecule has 0 aliphatic carbocycles. The number of H-pyrrole nitrogens is 1. The minimum absolute atomic E-state index is 0.0797. The molecule has 0 spiro atoms. The van der Waals surface area contributed by atoms with Crippen molar-refractivity contribution in [1.82, 2.24) is 9.97 Å². The number of aromatic nitrogens is 2. The highest BCUT2D eigenvalue weighted by Crippen LogP contribution is 2.18. The van der Waals surface area contributed by atoms with Gasteiger partial charge in [-0.1, -0.05) is 25.1 Å². The van der Waals surface area contributed by atoms with Crippen molar-refractivity contribution < 1.29 is 0 Å². The van der Waals surface area contributed by atoms with Gasteiger partial charge in [-0.15, -0.1) is 0 Å². The first-order valence-electron chi connectivity index (χ1n) is 4.97. The van der Waals surface area contributed by atoms with E-state index in [9.17, 15) is 4.79 Å². The summed E-state index contributed by atoms with van der Waals surface area (Å²) < 4.78 is 0. The fourth-order valence-electron chi connectivity index (χ4n) is 1.12. The quantitative estimate of drug-likeness (QED) is 0.474. The molecule has 1 atom stereocenters. The van der Waals surface area contributed by atoms with Crippen LogP contribution in [0, 0.1) is 12.8 Å². The van der Waals surface area contributed by atoms with Crippen LogP contribution in [0.3, 0.4) is 0 Å². The Kier molecular flexibility index (Phi) is 5.25. The molecule has 1 heterocycles. The summed E-state index contributed by atoms with van der Waals surface area (Å²) in [6.07, 6.45) is 1.10. The van der Waals surface area contributed by atoms with Crippen LogP contribution in [0.15, 0.2) is 16.0 Å². The Morgan fingerprint density at radius 1 is 1.67 bits per heavy atom. The Labute approximate surface area is 99.5 Å². The number of aromatic amines is 1. The van der Waals surface area contributed by atoms with E-state index in [4.69, 9.17) is 0 Å². The van der Waals surface area contributed by atoms with Crippen molar-refractivity contribution in [3.63, 3.8) is 0 Å². The number of nitrogens with zero attached hydrogens (tertiary/aromatic N) is 1. The molecule has 0 aromatic carbocycles. The molecular weight excluding hydrogens is 228 g/mol. The molecule has 0 saturated heterocycles. The molecule has 1 aromatic rings. The number of hydrogen-bond acceptors (Lipinski definition) is 4. The summed E-state index contributed by atoms with van der Waals surface area (Å²) in [6.45, 7) is 3.98. The van der Waals surface area contributed by atoms with Crippen LogP contribution in [0.2, 0.25) is 0 Å². The van der Waals surface area contributed by atoms with E-state index in [-0.39, 0.29) is 5.56 Å². The van der Waals surface area contributed by atoms with Crippen LogP contribution < -0.4 is 5.56 Å². The van der Waals surface area contributed by atoms with Gasteiger partial charge in [0.1, 0.15) is 0 Å². The van der Waals surface area contributed by atoms with Crippen molar-refractivity contribution in [3.05, 3.63) is 22.1 Å². The van der Waals surface area contributed by atoms with Gasteiger partial charge in [-0.05, 0) is 18.6 Å². The van der Waals surface area contributed by atoms with Gasteiger partial charge in [-0.3, -0.25) is 4.79 Å². The van der Waals surface area contributed by atoms with Crippen LogP contribution in [-0.2, 0) is 0 Å². The first kappa shape index (κ1) is 12.6. The largest absolute Gasteiger partial charge is 0.301 e. The average molecular weight is 244 g/mol. The maximum atomic E-state index is 11.2. The van der Waals surface area contributed by atoms with Crippen LogP contribution in [0.4, 0.5) is 0 Å². The molecule has 0 aliphatic heterocycles. The zero-order chi connectivity index (χ0) is 11.3. The molecule has 15 heavy (non-hydrogen) atoms. The van der Waals surface area contributed by atoms with Gasteiger partial charge >= 0.3 is 0 Å². The Hall–Kier alpha value is -0.420. The summed E-state index contributed by atoms with van der Waals surface area (Å²) >= 11 is 5.87. The number of thiol groups is 1. The molecule has 84 valence electrons. The van der Waals surface area contributed by atoms with Crippen LogP contribution in [0.1, 0.15) is 19.0 Å². The number of thioether (sulfide) groups is 1. The summed E-state index contributed by atoms with van der Waals surface area (Å²) in [5.41, 5.74) is 0.684. The van der Waals surface area contributed by atoms with Gasteiger partial charge in [0, 0.05) is 17.5 Å². The van der Waals surface area contributed by atoms with Crippen molar-refractivity contribution in [1.29, 1.82) is 0 Å². The minimum Gasteiger partial charge on any atom is -0.301 e. The fourth-order valence-corrected chi connectivity index (χ4v) is 2.81. The lowest BCUT2D eigenvalue weighted by atomic mass is 10.2. The third kappa shape index (κ3) is 4.30. The van der Waals surface area contributed by atoms with E-state index in [2.05, 4.69) is 29.5 Å². The van der Waals surface area contributed by atoms with E-state index in [0.717, 1.165) is 23.6 Å². The Morgan fingerprint density at radius 3 is 2.93 bits per heavy atom. The maximum absolute atomic E-state index is 11.2. The highest BCUT2D eigenvalue weighted by atomic mass is 32.2. The number of aryl methyl sites for hydroxylation is 1. The lowest BCUT2D eigenvalue weighted by Gasteiger charge is -2.10. The predicted molar refractivity (Wildman–Crippen MR) is 68.0 cm³/mol. The van der Waals surface area contributed by atoms with Gasteiger partial charge in [-0.2, -0.15) is 12.6 Å². The third-order valence-electron chi connectivity index (χ3n) is 2.14. The Bertz CT molecular complexity index is 361. The van der Waals surface area contributed by atoms with Gasteiger partial charge in [-0.25, -0.2) is 4.98 Å². The topological polar surface area (TPSA) is 45.8 Å². The first-order chi connectivity index (χ1) is 7.15. The van der Waals surface area contributed by atoms with Crippen LogP contribution in [0.5, 0.6) is 0 Å². The van der Waals surface area contributed by atoms with Crippen molar-refractivity contribution in [2.24, 2.45) is 5.92 Å². The van der Waals surface area contributed by atoms with Crippen LogP contribution >= 0.6 is 24.4 Å². The molecule has 0 saturated carbocycles. The van der Waals surface area contributed by atoms with Crippen LogP contribution in [-0.4, -0.2) is 21.5 Å². The molecule has 0 aliphatic rings. The van der Waals surface area contributed by atoms with Gasteiger partial charge < -0.3 is 4.98 Å². The zero-order valence-electron chi connectivity index (χ0n) is 8.99. The summed E-state index contributed by atoms with van der Waals surface area (Å²) in [7, 11) is 0. The van der Waals surface area contributed by atoms with Gasteiger partial charge in [0.15, 0.2) is 5.16 Å². The normalized spacial score (nSPS) is 12.7. The van der Waals surface area contributed by atoms with Crippen molar-refractivity contribution in [2.45, 2.75) is 25.4 Å². The molecule has 1 N–H and O–H groups in total. The first-order valence-corrected chi connectivity index (χ1v) is 6.59. The molecular formula is C10H16N2OS2. The second-order valence-electron chi connectivity index (χ2n) is 3.46. The highest BCUT2D eigenvalue weighted by molar-refractivity contribution is 7.99. The van der Waals surface area contributed by atoms with E-state index in [1.165, 1.54) is 6.07 Å². The summed E-state index contributed by atoms with van der Waals surface area (Å²) in [5, 5.41) is 0.709. The van der Waals surface area contributed by atoms with E-state index >= 15 is 0 Å².